The number of fused-ring (bicyclic) bond motifs is 2. The molecule has 0 unspecified atom stereocenters. The minimum absolute atomic E-state index is 0. The fraction of sp³-hybridized carbons (Fsp3) is 0.571. The molecule has 0 fully saturated rings. The van der Waals surface area contributed by atoms with Gasteiger partial charge in [-0.3, -0.25) is 0 Å². The minimum atomic E-state index is 0. The Morgan fingerprint density at radius 3 is 1.60 bits per heavy atom. The molecule has 6 heteroatoms. The zero-order valence-electron chi connectivity index (χ0n) is 11.7. The highest BCUT2D eigenvalue weighted by Crippen LogP contribution is 2.05. The van der Waals surface area contributed by atoms with Crippen LogP contribution >= 0.6 is 50.9 Å². The second kappa shape index (κ2) is 14.5. The second-order valence-corrected chi connectivity index (χ2v) is 4.63. The molecule has 0 aliphatic carbocycles. The Morgan fingerprint density at radius 2 is 1.10 bits per heavy atom. The van der Waals surface area contributed by atoms with Crippen molar-refractivity contribution in [3.05, 3.63) is 35.4 Å². The Morgan fingerprint density at radius 1 is 0.650 bits per heavy atom. The van der Waals surface area contributed by atoms with Gasteiger partial charge in [-0.05, 0) is 50.1 Å². The van der Waals surface area contributed by atoms with Gasteiger partial charge in [0, 0.05) is 13.1 Å². The predicted octanol–water partition coefficient (Wildman–Crippen LogP) is 2.98. The van der Waals surface area contributed by atoms with Crippen LogP contribution in [-0.4, -0.2) is 26.2 Å². The summed E-state index contributed by atoms with van der Waals surface area (Å²) in [4.78, 5) is 0. The third-order valence-corrected chi connectivity index (χ3v) is 3.06. The van der Waals surface area contributed by atoms with Crippen LogP contribution in [0.4, 0.5) is 0 Å². The number of benzene rings is 1. The number of nitrogens with one attached hydrogen (secondary N) is 3. The first-order chi connectivity index (χ1) is 8.45. The summed E-state index contributed by atoms with van der Waals surface area (Å²) >= 11 is 0. The Bertz CT molecular complexity index is 310. The molecule has 2 bridgehead atoms. The summed E-state index contributed by atoms with van der Waals surface area (Å²) in [6, 6.07) is 8.84. The van der Waals surface area contributed by atoms with Crippen LogP contribution in [0.2, 0.25) is 0 Å². The van der Waals surface area contributed by atoms with Gasteiger partial charge in [0.05, 0.1) is 0 Å². The molecule has 0 saturated carbocycles. The molecular weight excluding hydrogens is 450 g/mol. The highest BCUT2D eigenvalue weighted by atomic mass is 79.9. The second-order valence-electron chi connectivity index (χ2n) is 4.63. The SMILES string of the molecule is Br.Br.Br.c1cc2cc(c1)CNCCCNCCCNC2. The summed E-state index contributed by atoms with van der Waals surface area (Å²) < 4.78 is 0. The van der Waals surface area contributed by atoms with E-state index < -0.39 is 0 Å². The number of hydrogen-bond donors (Lipinski definition) is 3. The molecular formula is C14H26Br3N3. The van der Waals surface area contributed by atoms with Crippen LogP contribution in [0, 0.1) is 0 Å². The van der Waals surface area contributed by atoms with Gasteiger partial charge < -0.3 is 16.0 Å². The van der Waals surface area contributed by atoms with Gasteiger partial charge in [0.2, 0.25) is 0 Å². The maximum Gasteiger partial charge on any atom is 0.0205 e. The summed E-state index contributed by atoms with van der Waals surface area (Å²) in [6.45, 7) is 6.38. The number of rotatable bonds is 0. The summed E-state index contributed by atoms with van der Waals surface area (Å²) in [6.07, 6.45) is 2.40. The highest BCUT2D eigenvalue weighted by Gasteiger charge is 1.98. The van der Waals surface area contributed by atoms with Gasteiger partial charge in [-0.15, -0.1) is 50.9 Å². The van der Waals surface area contributed by atoms with Crippen LogP contribution in [0.15, 0.2) is 24.3 Å². The van der Waals surface area contributed by atoms with E-state index >= 15 is 0 Å². The molecule has 1 heterocycles. The smallest absolute Gasteiger partial charge is 0.0205 e. The van der Waals surface area contributed by atoms with E-state index in [2.05, 4.69) is 40.2 Å². The van der Waals surface area contributed by atoms with Gasteiger partial charge in [-0.25, -0.2) is 0 Å². The van der Waals surface area contributed by atoms with E-state index in [-0.39, 0.29) is 50.9 Å². The van der Waals surface area contributed by atoms with E-state index in [9.17, 15) is 0 Å². The first kappa shape index (κ1) is 22.8. The van der Waals surface area contributed by atoms with Crippen molar-refractivity contribution in [1.82, 2.24) is 16.0 Å². The van der Waals surface area contributed by atoms with Crippen LogP contribution in [-0.2, 0) is 13.1 Å². The van der Waals surface area contributed by atoms with Gasteiger partial charge in [-0.2, -0.15) is 0 Å². The van der Waals surface area contributed by atoms with Crippen molar-refractivity contribution in [2.75, 3.05) is 26.2 Å². The van der Waals surface area contributed by atoms with E-state index in [0.29, 0.717) is 0 Å². The van der Waals surface area contributed by atoms with Crippen molar-refractivity contribution in [2.45, 2.75) is 25.9 Å². The summed E-state index contributed by atoms with van der Waals surface area (Å²) in [5.74, 6) is 0. The lowest BCUT2D eigenvalue weighted by molar-refractivity contribution is 0.561. The maximum absolute atomic E-state index is 3.49. The molecule has 20 heavy (non-hydrogen) atoms. The molecule has 0 amide bonds. The standard InChI is InChI=1S/C14H23N3.3BrH/c1-4-13-10-14(5-1)12-17-9-3-7-15-6-2-8-16-11-13;;;/h1,4-5,10,15-17H,2-3,6-9,11-12H2;3*1H. The lowest BCUT2D eigenvalue weighted by Gasteiger charge is -2.11. The topological polar surface area (TPSA) is 36.1 Å². The third kappa shape index (κ3) is 9.47. The molecule has 1 aliphatic heterocycles. The normalized spacial score (nSPS) is 16.6. The Hall–Kier alpha value is 0.540. The molecule has 3 N–H and O–H groups in total. The number of halogens is 3. The van der Waals surface area contributed by atoms with Gasteiger partial charge in [0.25, 0.3) is 0 Å². The van der Waals surface area contributed by atoms with E-state index in [1.807, 2.05) is 0 Å². The zero-order valence-corrected chi connectivity index (χ0v) is 16.8. The quantitative estimate of drug-likeness (QED) is 0.540. The van der Waals surface area contributed by atoms with Crippen molar-refractivity contribution in [2.24, 2.45) is 0 Å². The van der Waals surface area contributed by atoms with E-state index in [4.69, 9.17) is 0 Å². The van der Waals surface area contributed by atoms with Gasteiger partial charge in [-0.1, -0.05) is 24.3 Å². The van der Waals surface area contributed by atoms with Crippen molar-refractivity contribution < 1.29 is 0 Å². The monoisotopic (exact) mass is 473 g/mol. The highest BCUT2D eigenvalue weighted by molar-refractivity contribution is 8.93. The van der Waals surface area contributed by atoms with Crippen LogP contribution < -0.4 is 16.0 Å². The fourth-order valence-electron chi connectivity index (χ4n) is 2.12. The molecule has 0 saturated heterocycles. The van der Waals surface area contributed by atoms with E-state index in [0.717, 1.165) is 39.3 Å². The molecule has 0 spiro atoms. The maximum atomic E-state index is 3.49. The molecule has 3 nitrogen and oxygen atoms in total. The van der Waals surface area contributed by atoms with Crippen molar-refractivity contribution in [3.63, 3.8) is 0 Å². The third-order valence-electron chi connectivity index (χ3n) is 3.06. The molecule has 0 radical (unpaired) electrons. The summed E-state index contributed by atoms with van der Waals surface area (Å²) in [5, 5.41) is 10.4. The average Bonchev–Trinajstić information content (AvgIpc) is 2.36. The van der Waals surface area contributed by atoms with Crippen molar-refractivity contribution in [1.29, 1.82) is 0 Å². The molecule has 118 valence electrons. The average molecular weight is 476 g/mol. The minimum Gasteiger partial charge on any atom is -0.317 e. The van der Waals surface area contributed by atoms with Gasteiger partial charge in [0.15, 0.2) is 0 Å². The van der Waals surface area contributed by atoms with Crippen molar-refractivity contribution >= 4 is 50.9 Å². The van der Waals surface area contributed by atoms with Crippen molar-refractivity contribution in [3.8, 4) is 0 Å². The molecule has 1 aromatic carbocycles. The molecule has 1 aromatic rings. The largest absolute Gasteiger partial charge is 0.317 e. The summed E-state index contributed by atoms with van der Waals surface area (Å²) in [5.41, 5.74) is 2.77. The van der Waals surface area contributed by atoms with Crippen LogP contribution in [0.1, 0.15) is 24.0 Å². The first-order valence-corrected chi connectivity index (χ1v) is 6.65. The Labute approximate surface area is 154 Å². The predicted molar refractivity (Wildman–Crippen MR) is 103 cm³/mol. The molecule has 0 aromatic heterocycles. The van der Waals surface area contributed by atoms with Gasteiger partial charge >= 0.3 is 0 Å². The molecule has 1 aliphatic rings. The lowest BCUT2D eigenvalue weighted by atomic mass is 10.1. The first-order valence-electron chi connectivity index (χ1n) is 6.65. The van der Waals surface area contributed by atoms with Crippen LogP contribution in [0.25, 0.3) is 0 Å². The van der Waals surface area contributed by atoms with Crippen LogP contribution in [0.3, 0.4) is 0 Å². The summed E-state index contributed by atoms with van der Waals surface area (Å²) in [7, 11) is 0. The lowest BCUT2D eigenvalue weighted by Crippen LogP contribution is -2.25. The fourth-order valence-corrected chi connectivity index (χ4v) is 2.12. The zero-order chi connectivity index (χ0) is 11.8. The molecule has 0 atom stereocenters. The van der Waals surface area contributed by atoms with Gasteiger partial charge in [0.1, 0.15) is 0 Å². The number of hydrogen-bond acceptors (Lipinski definition) is 3. The van der Waals surface area contributed by atoms with E-state index in [1.54, 1.807) is 0 Å². The Balaban J connectivity index is 0. The van der Waals surface area contributed by atoms with Crippen LogP contribution in [0.5, 0.6) is 0 Å². The Kier molecular flexibility index (Phi) is 16.5. The molecule has 2 rings (SSSR count). The van der Waals surface area contributed by atoms with E-state index in [1.165, 1.54) is 24.0 Å².